The number of esters is 1. The molecule has 1 amide bonds. The van der Waals surface area contributed by atoms with E-state index in [-0.39, 0.29) is 12.5 Å². The number of carbonyl (C=O) groups excluding carboxylic acids is 2. The van der Waals surface area contributed by atoms with Crippen LogP contribution in [-0.4, -0.2) is 38.2 Å². The third-order valence-electron chi connectivity index (χ3n) is 3.76. The molecule has 26 heavy (non-hydrogen) atoms. The highest BCUT2D eigenvalue weighted by molar-refractivity contribution is 9.10. The fourth-order valence-corrected chi connectivity index (χ4v) is 2.71. The molecular weight excluding hydrogens is 402 g/mol. The predicted molar refractivity (Wildman–Crippen MR) is 98.6 cm³/mol. The summed E-state index contributed by atoms with van der Waals surface area (Å²) in [5.41, 5.74) is 1.43. The van der Waals surface area contributed by atoms with Gasteiger partial charge in [-0.05, 0) is 48.4 Å². The minimum atomic E-state index is -0.528. The molecule has 0 bridgehead atoms. The van der Waals surface area contributed by atoms with Crippen LogP contribution in [0.4, 0.5) is 0 Å². The molecule has 1 aliphatic rings. The van der Waals surface area contributed by atoms with E-state index in [0.29, 0.717) is 31.7 Å². The number of benzene rings is 2. The van der Waals surface area contributed by atoms with E-state index in [1.54, 1.807) is 24.3 Å². The topological polar surface area (TPSA) is 73.9 Å². The highest BCUT2D eigenvalue weighted by Gasteiger charge is 2.12. The Balaban J connectivity index is 1.40. The second-order valence-corrected chi connectivity index (χ2v) is 6.58. The van der Waals surface area contributed by atoms with Crippen molar-refractivity contribution in [2.75, 3.05) is 26.4 Å². The van der Waals surface area contributed by atoms with Gasteiger partial charge in [-0.15, -0.1) is 0 Å². The highest BCUT2D eigenvalue weighted by atomic mass is 79.9. The van der Waals surface area contributed by atoms with Crippen LogP contribution in [-0.2, 0) is 16.0 Å². The molecule has 0 saturated heterocycles. The Hall–Kier alpha value is -2.54. The summed E-state index contributed by atoms with van der Waals surface area (Å²) in [6.07, 6.45) is 0.642. The van der Waals surface area contributed by atoms with Crippen molar-refractivity contribution in [2.45, 2.75) is 6.42 Å². The van der Waals surface area contributed by atoms with Gasteiger partial charge >= 0.3 is 5.97 Å². The molecule has 1 aliphatic heterocycles. The number of carbonyl (C=O) groups is 2. The molecule has 136 valence electrons. The van der Waals surface area contributed by atoms with Crippen molar-refractivity contribution in [2.24, 2.45) is 0 Å². The normalized spacial score (nSPS) is 12.3. The van der Waals surface area contributed by atoms with Gasteiger partial charge in [0.25, 0.3) is 5.91 Å². The minimum Gasteiger partial charge on any atom is -0.486 e. The second kappa shape index (κ2) is 8.71. The van der Waals surface area contributed by atoms with Gasteiger partial charge in [-0.25, -0.2) is 4.79 Å². The van der Waals surface area contributed by atoms with E-state index in [4.69, 9.17) is 14.2 Å². The molecule has 7 heteroatoms. The molecule has 0 aliphatic carbocycles. The Bertz CT molecular complexity index is 791. The Labute approximate surface area is 159 Å². The zero-order valence-electron chi connectivity index (χ0n) is 14.0. The van der Waals surface area contributed by atoms with Crippen LogP contribution in [0.5, 0.6) is 11.5 Å². The number of ether oxygens (including phenoxy) is 3. The largest absolute Gasteiger partial charge is 0.486 e. The summed E-state index contributed by atoms with van der Waals surface area (Å²) < 4.78 is 16.9. The van der Waals surface area contributed by atoms with E-state index in [9.17, 15) is 9.59 Å². The molecule has 0 atom stereocenters. The predicted octanol–water partition coefficient (Wildman–Crippen LogP) is 2.74. The lowest BCUT2D eigenvalue weighted by Crippen LogP contribution is -2.30. The fraction of sp³-hybridized carbons (Fsp3) is 0.263. The van der Waals surface area contributed by atoms with Gasteiger partial charge in [-0.3, -0.25) is 4.79 Å². The maximum atomic E-state index is 11.8. The van der Waals surface area contributed by atoms with E-state index in [2.05, 4.69) is 21.2 Å². The summed E-state index contributed by atoms with van der Waals surface area (Å²) in [7, 11) is 0. The Morgan fingerprint density at radius 1 is 1.04 bits per heavy atom. The first-order valence-corrected chi connectivity index (χ1v) is 8.99. The minimum absolute atomic E-state index is 0.309. The Kier molecular flexibility index (Phi) is 6.12. The summed E-state index contributed by atoms with van der Waals surface area (Å²) in [6, 6.07) is 12.5. The van der Waals surface area contributed by atoms with E-state index >= 15 is 0 Å². The molecule has 2 aromatic rings. The average Bonchev–Trinajstić information content (AvgIpc) is 2.66. The first kappa shape index (κ1) is 18.3. The molecule has 0 radical (unpaired) electrons. The van der Waals surface area contributed by atoms with Gasteiger partial charge in [-0.1, -0.05) is 22.0 Å². The van der Waals surface area contributed by atoms with E-state index in [1.807, 2.05) is 18.2 Å². The smallest absolute Gasteiger partial charge is 0.338 e. The SMILES string of the molecule is O=C(COC(=O)c1ccc(Br)cc1)NCCc1ccc2c(c1)OCCO2. The first-order valence-electron chi connectivity index (χ1n) is 8.20. The molecule has 6 nitrogen and oxygen atoms in total. The van der Waals surface area contributed by atoms with Crippen LogP contribution in [0.1, 0.15) is 15.9 Å². The van der Waals surface area contributed by atoms with Gasteiger partial charge in [0.15, 0.2) is 18.1 Å². The standard InChI is InChI=1S/C19H18BrNO5/c20-15-4-2-14(3-5-15)19(23)26-12-18(22)21-8-7-13-1-6-16-17(11-13)25-10-9-24-16/h1-6,11H,7-10,12H2,(H,21,22). The second-order valence-electron chi connectivity index (χ2n) is 5.66. The molecule has 3 rings (SSSR count). The number of nitrogens with one attached hydrogen (secondary N) is 1. The van der Waals surface area contributed by atoms with Crippen molar-refractivity contribution < 1.29 is 23.8 Å². The van der Waals surface area contributed by atoms with Crippen LogP contribution in [0.2, 0.25) is 0 Å². The van der Waals surface area contributed by atoms with Crippen molar-refractivity contribution >= 4 is 27.8 Å². The quantitative estimate of drug-likeness (QED) is 0.728. The molecule has 1 heterocycles. The number of fused-ring (bicyclic) bond motifs is 1. The molecular formula is C19H18BrNO5. The van der Waals surface area contributed by atoms with Gasteiger partial charge in [0, 0.05) is 11.0 Å². The third-order valence-corrected chi connectivity index (χ3v) is 4.29. The summed E-state index contributed by atoms with van der Waals surface area (Å²) in [5.74, 6) is 0.597. The van der Waals surface area contributed by atoms with Crippen LogP contribution in [0, 0.1) is 0 Å². The van der Waals surface area contributed by atoms with E-state index < -0.39 is 5.97 Å². The maximum Gasteiger partial charge on any atom is 0.338 e. The molecule has 0 saturated carbocycles. The van der Waals surface area contributed by atoms with Gasteiger partial charge in [0.2, 0.25) is 0 Å². The summed E-state index contributed by atoms with van der Waals surface area (Å²) in [4.78, 5) is 23.7. The Morgan fingerprint density at radius 3 is 2.54 bits per heavy atom. The number of halogens is 1. The molecule has 0 spiro atoms. The summed E-state index contributed by atoms with van der Waals surface area (Å²) >= 11 is 3.29. The lowest BCUT2D eigenvalue weighted by Gasteiger charge is -2.18. The lowest BCUT2D eigenvalue weighted by molar-refractivity contribution is -0.124. The number of hydrogen-bond donors (Lipinski definition) is 1. The van der Waals surface area contributed by atoms with Gasteiger partial charge < -0.3 is 19.5 Å². The molecule has 0 unspecified atom stereocenters. The Morgan fingerprint density at radius 2 is 1.77 bits per heavy atom. The zero-order valence-corrected chi connectivity index (χ0v) is 15.6. The maximum absolute atomic E-state index is 11.8. The van der Waals surface area contributed by atoms with Gasteiger partial charge in [0.05, 0.1) is 5.56 Å². The van der Waals surface area contributed by atoms with Crippen molar-refractivity contribution in [3.05, 3.63) is 58.1 Å². The highest BCUT2D eigenvalue weighted by Crippen LogP contribution is 2.30. The number of hydrogen-bond acceptors (Lipinski definition) is 5. The van der Waals surface area contributed by atoms with Crippen LogP contribution in [0.3, 0.4) is 0 Å². The van der Waals surface area contributed by atoms with Crippen molar-refractivity contribution in [1.29, 1.82) is 0 Å². The van der Waals surface area contributed by atoms with Gasteiger partial charge in [-0.2, -0.15) is 0 Å². The van der Waals surface area contributed by atoms with Crippen molar-refractivity contribution in [3.8, 4) is 11.5 Å². The lowest BCUT2D eigenvalue weighted by atomic mass is 10.1. The molecule has 1 N–H and O–H groups in total. The average molecular weight is 420 g/mol. The monoisotopic (exact) mass is 419 g/mol. The number of amides is 1. The van der Waals surface area contributed by atoms with Crippen LogP contribution >= 0.6 is 15.9 Å². The molecule has 2 aromatic carbocycles. The first-order chi connectivity index (χ1) is 12.6. The van der Waals surface area contributed by atoms with Crippen LogP contribution < -0.4 is 14.8 Å². The van der Waals surface area contributed by atoms with E-state index in [1.165, 1.54) is 0 Å². The summed E-state index contributed by atoms with van der Waals surface area (Å²) in [5, 5.41) is 2.73. The van der Waals surface area contributed by atoms with E-state index in [0.717, 1.165) is 21.5 Å². The number of rotatable bonds is 6. The molecule has 0 aromatic heterocycles. The zero-order chi connectivity index (χ0) is 18.4. The van der Waals surface area contributed by atoms with Gasteiger partial charge in [0.1, 0.15) is 13.2 Å². The van der Waals surface area contributed by atoms with Crippen molar-refractivity contribution in [3.63, 3.8) is 0 Å². The van der Waals surface area contributed by atoms with Crippen LogP contribution in [0.15, 0.2) is 46.9 Å². The molecule has 0 fully saturated rings. The third kappa shape index (κ3) is 4.98. The summed E-state index contributed by atoms with van der Waals surface area (Å²) in [6.45, 7) is 1.22. The fourth-order valence-electron chi connectivity index (χ4n) is 2.44. The van der Waals surface area contributed by atoms with Crippen LogP contribution in [0.25, 0.3) is 0 Å². The van der Waals surface area contributed by atoms with Crippen molar-refractivity contribution in [1.82, 2.24) is 5.32 Å².